The summed E-state index contributed by atoms with van der Waals surface area (Å²) in [6.07, 6.45) is -3.02. The molecule has 0 fully saturated rings. The molecule has 0 spiro atoms. The summed E-state index contributed by atoms with van der Waals surface area (Å²) in [6.45, 7) is 1.42. The van der Waals surface area contributed by atoms with E-state index in [-0.39, 0.29) is 35.1 Å². The number of nitrogens with one attached hydrogen (secondary N) is 1. The SMILES string of the molecule is COc1ccc(S(=O)(=O)C2C=CC(=O)C(NCC(=O)N(C)C)(c3ccccc3OC)c3cc(C)ccc32)c(OC(F)(F)F)c1. The summed E-state index contributed by atoms with van der Waals surface area (Å²) in [4.78, 5) is 27.7. The van der Waals surface area contributed by atoms with Crippen molar-refractivity contribution >= 4 is 21.5 Å². The first-order chi connectivity index (χ1) is 20.7. The van der Waals surface area contributed by atoms with Gasteiger partial charge < -0.3 is 19.1 Å². The predicted octanol–water partition coefficient (Wildman–Crippen LogP) is 4.49. The molecule has 0 aromatic heterocycles. The Balaban J connectivity index is 2.03. The molecule has 3 aromatic rings. The largest absolute Gasteiger partial charge is 0.573 e. The zero-order chi connectivity index (χ0) is 32.4. The fourth-order valence-corrected chi connectivity index (χ4v) is 6.86. The van der Waals surface area contributed by atoms with E-state index in [2.05, 4.69) is 10.1 Å². The Morgan fingerprint density at radius 3 is 2.32 bits per heavy atom. The fourth-order valence-electron chi connectivity index (χ4n) is 5.12. The zero-order valence-electron chi connectivity index (χ0n) is 24.6. The van der Waals surface area contributed by atoms with E-state index in [1.54, 1.807) is 57.4 Å². The van der Waals surface area contributed by atoms with Gasteiger partial charge in [-0.25, -0.2) is 8.42 Å². The first-order valence-corrected chi connectivity index (χ1v) is 14.8. The highest BCUT2D eigenvalue weighted by atomic mass is 32.2. The van der Waals surface area contributed by atoms with Crippen LogP contribution in [0.5, 0.6) is 17.2 Å². The second-order valence-electron chi connectivity index (χ2n) is 10.2. The molecule has 0 radical (unpaired) electrons. The summed E-state index contributed by atoms with van der Waals surface area (Å²) < 4.78 is 83.4. The number of methoxy groups -OCH3 is 2. The normalized spacial score (nSPS) is 18.3. The van der Waals surface area contributed by atoms with Gasteiger partial charge in [-0.15, -0.1) is 13.2 Å². The summed E-state index contributed by atoms with van der Waals surface area (Å²) in [6, 6.07) is 14.3. The molecule has 13 heteroatoms. The number of aryl methyl sites for hydroxylation is 1. The van der Waals surface area contributed by atoms with E-state index in [0.717, 1.165) is 24.3 Å². The van der Waals surface area contributed by atoms with Crippen LogP contribution in [-0.2, 0) is 25.0 Å². The van der Waals surface area contributed by atoms with Gasteiger partial charge in [0.1, 0.15) is 27.2 Å². The maximum atomic E-state index is 14.3. The molecule has 4 rings (SSSR count). The monoisotopic (exact) mass is 632 g/mol. The molecule has 2 unspecified atom stereocenters. The third kappa shape index (κ3) is 6.15. The molecule has 1 aliphatic rings. The zero-order valence-corrected chi connectivity index (χ0v) is 25.4. The van der Waals surface area contributed by atoms with Crippen LogP contribution in [-0.4, -0.2) is 66.2 Å². The second kappa shape index (κ2) is 12.3. The maximum absolute atomic E-state index is 14.3. The van der Waals surface area contributed by atoms with Crippen molar-refractivity contribution in [3.05, 3.63) is 95.1 Å². The Morgan fingerprint density at radius 1 is 0.977 bits per heavy atom. The van der Waals surface area contributed by atoms with Crippen molar-refractivity contribution in [3.63, 3.8) is 0 Å². The highest BCUT2D eigenvalue weighted by Crippen LogP contribution is 2.47. The minimum atomic E-state index is -5.21. The fraction of sp³-hybridized carbons (Fsp3) is 0.290. The molecule has 0 saturated carbocycles. The summed E-state index contributed by atoms with van der Waals surface area (Å²) >= 11 is 0. The number of hydrogen-bond donors (Lipinski definition) is 1. The van der Waals surface area contributed by atoms with E-state index in [0.29, 0.717) is 11.1 Å². The summed E-state index contributed by atoms with van der Waals surface area (Å²) in [5, 5.41) is 1.46. The Kier molecular flexibility index (Phi) is 9.12. The average molecular weight is 633 g/mol. The van der Waals surface area contributed by atoms with Crippen LogP contribution < -0.4 is 19.5 Å². The van der Waals surface area contributed by atoms with Gasteiger partial charge in [0.2, 0.25) is 5.91 Å². The van der Waals surface area contributed by atoms with Gasteiger partial charge >= 0.3 is 6.36 Å². The molecular formula is C31H31F3N2O7S. The third-order valence-corrected chi connectivity index (χ3v) is 9.27. The average Bonchev–Trinajstić information content (AvgIpc) is 3.09. The maximum Gasteiger partial charge on any atom is 0.573 e. The molecule has 44 heavy (non-hydrogen) atoms. The van der Waals surface area contributed by atoms with Gasteiger partial charge in [0.25, 0.3) is 0 Å². The molecule has 0 aliphatic heterocycles. The van der Waals surface area contributed by atoms with Crippen molar-refractivity contribution in [2.75, 3.05) is 34.9 Å². The van der Waals surface area contributed by atoms with E-state index >= 15 is 0 Å². The minimum Gasteiger partial charge on any atom is -0.497 e. The van der Waals surface area contributed by atoms with Gasteiger partial charge in [-0.1, -0.05) is 48.0 Å². The molecule has 234 valence electrons. The number of hydrogen-bond acceptors (Lipinski definition) is 8. The van der Waals surface area contributed by atoms with Gasteiger partial charge in [-0.05, 0) is 42.3 Å². The van der Waals surface area contributed by atoms with Gasteiger partial charge in [0.15, 0.2) is 21.4 Å². The van der Waals surface area contributed by atoms with Crippen LogP contribution in [0.1, 0.15) is 27.5 Å². The lowest BCUT2D eigenvalue weighted by Gasteiger charge is -2.36. The molecule has 9 nitrogen and oxygen atoms in total. The number of benzene rings is 3. The van der Waals surface area contributed by atoms with Gasteiger partial charge in [-0.3, -0.25) is 14.9 Å². The van der Waals surface area contributed by atoms with E-state index < -0.39 is 43.4 Å². The van der Waals surface area contributed by atoms with Crippen molar-refractivity contribution < 1.29 is 45.4 Å². The number of carbonyl (C=O) groups excluding carboxylic acids is 2. The minimum absolute atomic E-state index is 0.0595. The van der Waals surface area contributed by atoms with E-state index in [4.69, 9.17) is 9.47 Å². The number of rotatable bonds is 9. The summed E-state index contributed by atoms with van der Waals surface area (Å²) in [5.41, 5.74) is -0.587. The van der Waals surface area contributed by atoms with Crippen molar-refractivity contribution in [2.45, 2.75) is 29.0 Å². The molecule has 0 heterocycles. The number of nitrogens with zero attached hydrogens (tertiary/aromatic N) is 1. The van der Waals surface area contributed by atoms with Gasteiger partial charge in [0.05, 0.1) is 20.8 Å². The van der Waals surface area contributed by atoms with Crippen molar-refractivity contribution in [1.82, 2.24) is 10.2 Å². The summed E-state index contributed by atoms with van der Waals surface area (Å²) in [5.74, 6) is -1.76. The molecule has 0 bridgehead atoms. The number of carbonyl (C=O) groups is 2. The first-order valence-electron chi connectivity index (χ1n) is 13.3. The molecule has 1 amide bonds. The number of para-hydroxylation sites is 1. The van der Waals surface area contributed by atoms with Crippen LogP contribution in [0.3, 0.4) is 0 Å². The topological polar surface area (TPSA) is 111 Å². The van der Waals surface area contributed by atoms with Crippen LogP contribution in [0.4, 0.5) is 13.2 Å². The van der Waals surface area contributed by atoms with Crippen LogP contribution in [0, 0.1) is 6.92 Å². The lowest BCUT2D eigenvalue weighted by molar-refractivity contribution is -0.275. The quantitative estimate of drug-likeness (QED) is 0.368. The Hall–Kier alpha value is -4.36. The van der Waals surface area contributed by atoms with Crippen molar-refractivity contribution in [2.24, 2.45) is 0 Å². The van der Waals surface area contributed by atoms with Crippen molar-refractivity contribution in [1.29, 1.82) is 0 Å². The van der Waals surface area contributed by atoms with Crippen LogP contribution >= 0.6 is 0 Å². The number of amides is 1. The number of alkyl halides is 3. The molecular weight excluding hydrogens is 601 g/mol. The smallest absolute Gasteiger partial charge is 0.497 e. The highest BCUT2D eigenvalue weighted by Gasteiger charge is 2.48. The molecule has 2 atom stereocenters. The van der Waals surface area contributed by atoms with Gasteiger partial charge in [0, 0.05) is 25.7 Å². The van der Waals surface area contributed by atoms with E-state index in [1.807, 2.05) is 0 Å². The van der Waals surface area contributed by atoms with E-state index in [9.17, 15) is 31.2 Å². The second-order valence-corrected chi connectivity index (χ2v) is 12.3. The Labute approximate surface area is 253 Å². The van der Waals surface area contributed by atoms with Crippen LogP contribution in [0.2, 0.25) is 0 Å². The van der Waals surface area contributed by atoms with E-state index in [1.165, 1.54) is 31.3 Å². The number of halogens is 3. The molecule has 3 aromatic carbocycles. The number of ether oxygens (including phenoxy) is 3. The van der Waals surface area contributed by atoms with Crippen molar-refractivity contribution in [3.8, 4) is 17.2 Å². The standard InChI is InChI=1S/C31H31F3N2O7S/c1-19-10-12-21-23(16-19)30(35-18-29(38)36(2)3,22-8-6-7-9-24(22)42-5)28(37)15-14-26(21)44(39,40)27-13-11-20(41-4)17-25(27)43-31(32,33)34/h6-17,26,35H,18H2,1-5H3. The lowest BCUT2D eigenvalue weighted by Crippen LogP contribution is -2.53. The van der Waals surface area contributed by atoms with Crippen LogP contribution in [0.25, 0.3) is 0 Å². The number of sulfone groups is 1. The van der Waals surface area contributed by atoms with Gasteiger partial charge in [-0.2, -0.15) is 0 Å². The lowest BCUT2D eigenvalue weighted by atomic mass is 9.76. The molecule has 0 saturated heterocycles. The number of ketones is 1. The predicted molar refractivity (Wildman–Crippen MR) is 155 cm³/mol. The molecule has 1 N–H and O–H groups in total. The van der Waals surface area contributed by atoms with Crippen LogP contribution in [0.15, 0.2) is 77.7 Å². The summed E-state index contributed by atoms with van der Waals surface area (Å²) in [7, 11) is 1.00. The first kappa shape index (κ1) is 32.6. The number of fused-ring (bicyclic) bond motifs is 1. The Bertz CT molecular complexity index is 1720. The number of likely N-dealkylation sites (N-methyl/N-ethyl adjacent to an activating group) is 1. The Morgan fingerprint density at radius 2 is 1.68 bits per heavy atom. The highest BCUT2D eigenvalue weighted by molar-refractivity contribution is 7.92. The third-order valence-electron chi connectivity index (χ3n) is 7.24. The molecule has 1 aliphatic carbocycles.